The van der Waals surface area contributed by atoms with Gasteiger partial charge >= 0.3 is 5.69 Å². The van der Waals surface area contributed by atoms with Crippen LogP contribution in [0.2, 0.25) is 0 Å². The Balaban J connectivity index is 1.72. The molecule has 0 bridgehead atoms. The number of carbonyl (C=O) groups excluding carboxylic acids is 1. The summed E-state index contributed by atoms with van der Waals surface area (Å²) in [6.07, 6.45) is 2.46. The number of amides is 1. The van der Waals surface area contributed by atoms with E-state index < -0.39 is 17.2 Å². The number of anilines is 1. The van der Waals surface area contributed by atoms with Crippen LogP contribution in [0.25, 0.3) is 11.2 Å². The largest absolute Gasteiger partial charge is 0.333 e. The van der Waals surface area contributed by atoms with Crippen LogP contribution in [0.3, 0.4) is 0 Å². The third-order valence-corrected chi connectivity index (χ3v) is 6.28. The number of imidazole rings is 1. The number of fused-ring (bicyclic) bond motifs is 1. The van der Waals surface area contributed by atoms with E-state index in [4.69, 9.17) is 0 Å². The molecule has 1 amide bonds. The van der Waals surface area contributed by atoms with Crippen LogP contribution < -0.4 is 16.6 Å². The molecule has 36 heavy (non-hydrogen) atoms. The summed E-state index contributed by atoms with van der Waals surface area (Å²) in [6.45, 7) is 8.88. The molecule has 188 valence electrons. The van der Waals surface area contributed by atoms with Gasteiger partial charge in [0.05, 0.1) is 12.9 Å². The molecule has 0 saturated carbocycles. The lowest BCUT2D eigenvalue weighted by atomic mass is 10.0. The fourth-order valence-corrected chi connectivity index (χ4v) is 4.15. The molecule has 0 spiro atoms. The highest BCUT2D eigenvalue weighted by Gasteiger charge is 2.20. The van der Waals surface area contributed by atoms with Crippen LogP contribution in [0.15, 0.2) is 70.5 Å². The van der Waals surface area contributed by atoms with E-state index in [0.29, 0.717) is 35.2 Å². The van der Waals surface area contributed by atoms with E-state index in [9.17, 15) is 14.4 Å². The van der Waals surface area contributed by atoms with Gasteiger partial charge in [0.2, 0.25) is 5.91 Å². The van der Waals surface area contributed by atoms with Crippen LogP contribution in [0, 0.1) is 5.92 Å². The first-order valence-electron chi connectivity index (χ1n) is 12.4. The first-order valence-corrected chi connectivity index (χ1v) is 12.4. The van der Waals surface area contributed by atoms with Gasteiger partial charge in [-0.3, -0.25) is 14.2 Å². The molecule has 4 aromatic rings. The first kappa shape index (κ1) is 25.2. The van der Waals surface area contributed by atoms with Crippen molar-refractivity contribution >= 4 is 22.8 Å². The minimum absolute atomic E-state index is 0.246. The van der Waals surface area contributed by atoms with Gasteiger partial charge in [0.25, 0.3) is 5.56 Å². The Bertz CT molecular complexity index is 1460. The molecular formula is C28H33N5O3. The van der Waals surface area contributed by atoms with Gasteiger partial charge in [-0.2, -0.15) is 0 Å². The zero-order chi connectivity index (χ0) is 25.8. The summed E-state index contributed by atoms with van der Waals surface area (Å²) >= 11 is 0. The Hall–Kier alpha value is -3.94. The van der Waals surface area contributed by atoms with Gasteiger partial charge in [0.15, 0.2) is 11.2 Å². The van der Waals surface area contributed by atoms with Gasteiger partial charge in [0.1, 0.15) is 6.54 Å². The first-order chi connectivity index (χ1) is 17.2. The van der Waals surface area contributed by atoms with Crippen molar-refractivity contribution in [2.75, 3.05) is 5.32 Å². The van der Waals surface area contributed by atoms with E-state index in [-0.39, 0.29) is 13.1 Å². The van der Waals surface area contributed by atoms with E-state index in [1.807, 2.05) is 54.6 Å². The van der Waals surface area contributed by atoms with Crippen LogP contribution in [-0.2, 0) is 24.4 Å². The maximum absolute atomic E-state index is 13.5. The minimum Gasteiger partial charge on any atom is -0.325 e. The van der Waals surface area contributed by atoms with E-state index >= 15 is 0 Å². The van der Waals surface area contributed by atoms with Gasteiger partial charge in [-0.05, 0) is 41.5 Å². The Labute approximate surface area is 210 Å². The lowest BCUT2D eigenvalue weighted by Crippen LogP contribution is -2.43. The summed E-state index contributed by atoms with van der Waals surface area (Å²) < 4.78 is 4.27. The van der Waals surface area contributed by atoms with Crippen LogP contribution >= 0.6 is 0 Å². The third kappa shape index (κ3) is 5.48. The quantitative estimate of drug-likeness (QED) is 0.383. The smallest absolute Gasteiger partial charge is 0.325 e. The molecule has 0 aliphatic rings. The standard InChI is InChI=1S/C28H33N5O3/c1-19(2)14-15-31-18-29-26-25(31)27(35)33(28(36)32(26)16-21-8-6-5-7-9-21)17-24(34)30-23-12-10-22(11-13-23)20(3)4/h5-13,18-20H,14-17H2,1-4H3,(H,30,34). The minimum atomic E-state index is -0.559. The van der Waals surface area contributed by atoms with Crippen LogP contribution in [0.4, 0.5) is 5.69 Å². The highest BCUT2D eigenvalue weighted by Crippen LogP contribution is 2.17. The third-order valence-electron chi connectivity index (χ3n) is 6.28. The van der Waals surface area contributed by atoms with Crippen LogP contribution in [0.1, 0.15) is 51.2 Å². The topological polar surface area (TPSA) is 90.9 Å². The lowest BCUT2D eigenvalue weighted by molar-refractivity contribution is -0.116. The molecule has 2 aromatic carbocycles. The average molecular weight is 488 g/mol. The second-order valence-corrected chi connectivity index (χ2v) is 9.86. The highest BCUT2D eigenvalue weighted by atomic mass is 16.2. The number of aryl methyl sites for hydroxylation is 1. The zero-order valence-corrected chi connectivity index (χ0v) is 21.3. The zero-order valence-electron chi connectivity index (χ0n) is 21.3. The molecule has 0 aliphatic heterocycles. The molecule has 0 fully saturated rings. The summed E-state index contributed by atoms with van der Waals surface area (Å²) in [5, 5.41) is 2.81. The molecule has 0 atom stereocenters. The molecule has 0 radical (unpaired) electrons. The molecule has 1 N–H and O–H groups in total. The van der Waals surface area contributed by atoms with Gasteiger partial charge in [-0.1, -0.05) is 70.2 Å². The number of hydrogen-bond acceptors (Lipinski definition) is 4. The summed E-state index contributed by atoms with van der Waals surface area (Å²) in [7, 11) is 0. The molecule has 0 aliphatic carbocycles. The molecule has 8 nitrogen and oxygen atoms in total. The number of aromatic nitrogens is 4. The van der Waals surface area contributed by atoms with E-state index in [0.717, 1.165) is 22.1 Å². The van der Waals surface area contributed by atoms with Gasteiger partial charge < -0.3 is 9.88 Å². The second kappa shape index (κ2) is 10.8. The fraction of sp³-hybridized carbons (Fsp3) is 0.357. The Morgan fingerprint density at radius 2 is 1.64 bits per heavy atom. The second-order valence-electron chi connectivity index (χ2n) is 9.86. The Morgan fingerprint density at radius 3 is 2.28 bits per heavy atom. The molecule has 0 unspecified atom stereocenters. The maximum atomic E-state index is 13.5. The highest BCUT2D eigenvalue weighted by molar-refractivity contribution is 5.90. The molecule has 4 rings (SSSR count). The number of nitrogens with zero attached hydrogens (tertiary/aromatic N) is 4. The summed E-state index contributed by atoms with van der Waals surface area (Å²) in [4.78, 5) is 44.3. The Morgan fingerprint density at radius 1 is 0.944 bits per heavy atom. The molecule has 8 heteroatoms. The van der Waals surface area contributed by atoms with Crippen molar-refractivity contribution in [3.8, 4) is 0 Å². The van der Waals surface area contributed by atoms with Crippen molar-refractivity contribution in [3.63, 3.8) is 0 Å². The van der Waals surface area contributed by atoms with Gasteiger partial charge in [0, 0.05) is 12.2 Å². The number of nitrogens with one attached hydrogen (secondary N) is 1. The number of hydrogen-bond donors (Lipinski definition) is 1. The van der Waals surface area contributed by atoms with Gasteiger partial charge in [-0.15, -0.1) is 0 Å². The Kier molecular flexibility index (Phi) is 7.52. The summed E-state index contributed by atoms with van der Waals surface area (Å²) in [6, 6.07) is 17.1. The van der Waals surface area contributed by atoms with Crippen LogP contribution in [0.5, 0.6) is 0 Å². The predicted octanol–water partition coefficient (Wildman–Crippen LogP) is 4.22. The molecular weight excluding hydrogens is 454 g/mol. The van der Waals surface area contributed by atoms with Gasteiger partial charge in [-0.25, -0.2) is 14.3 Å². The van der Waals surface area contributed by atoms with E-state index in [1.54, 1.807) is 10.9 Å². The van der Waals surface area contributed by atoms with E-state index in [1.165, 1.54) is 4.57 Å². The average Bonchev–Trinajstić information content (AvgIpc) is 3.28. The van der Waals surface area contributed by atoms with Crippen molar-refractivity contribution in [3.05, 3.63) is 92.9 Å². The fourth-order valence-electron chi connectivity index (χ4n) is 4.15. The normalized spacial score (nSPS) is 11.5. The van der Waals surface area contributed by atoms with Crippen molar-refractivity contribution in [1.29, 1.82) is 0 Å². The molecule has 2 heterocycles. The van der Waals surface area contributed by atoms with Crippen molar-refractivity contribution in [2.45, 2.75) is 59.7 Å². The van der Waals surface area contributed by atoms with Crippen molar-refractivity contribution in [1.82, 2.24) is 18.7 Å². The predicted molar refractivity (Wildman–Crippen MR) is 142 cm³/mol. The number of carbonyl (C=O) groups is 1. The van der Waals surface area contributed by atoms with Crippen molar-refractivity contribution < 1.29 is 4.79 Å². The number of rotatable bonds is 9. The molecule has 0 saturated heterocycles. The SMILES string of the molecule is CC(C)CCn1cnc2c1c(=O)n(CC(=O)Nc1ccc(C(C)C)cc1)c(=O)n2Cc1ccccc1. The monoisotopic (exact) mass is 487 g/mol. The number of benzene rings is 2. The lowest BCUT2D eigenvalue weighted by Gasteiger charge is -2.14. The summed E-state index contributed by atoms with van der Waals surface area (Å²) in [5.41, 5.74) is 2.27. The summed E-state index contributed by atoms with van der Waals surface area (Å²) in [5.74, 6) is 0.377. The van der Waals surface area contributed by atoms with E-state index in [2.05, 4.69) is 38.0 Å². The molecule has 2 aromatic heterocycles. The van der Waals surface area contributed by atoms with Crippen LogP contribution in [-0.4, -0.2) is 24.6 Å². The van der Waals surface area contributed by atoms with Crippen molar-refractivity contribution in [2.24, 2.45) is 5.92 Å². The maximum Gasteiger partial charge on any atom is 0.333 e.